The molecule has 3 N–H and O–H groups in total. The number of nitrogens with one attached hydrogen (secondary N) is 1. The molecule has 5 nitrogen and oxygen atoms in total. The van der Waals surface area contributed by atoms with E-state index in [1.54, 1.807) is 19.4 Å². The van der Waals surface area contributed by atoms with Crippen LogP contribution in [0, 0.1) is 16.7 Å². The molecule has 1 aromatic rings. The molecule has 1 saturated carbocycles. The van der Waals surface area contributed by atoms with E-state index in [4.69, 9.17) is 15.7 Å². The van der Waals surface area contributed by atoms with Crippen LogP contribution in [0.4, 0.5) is 11.5 Å². The predicted molar refractivity (Wildman–Crippen MR) is 70.0 cm³/mol. The first kappa shape index (κ1) is 12.7. The van der Waals surface area contributed by atoms with Crippen LogP contribution < -0.4 is 11.1 Å². The summed E-state index contributed by atoms with van der Waals surface area (Å²) in [4.78, 5) is 4.19. The van der Waals surface area contributed by atoms with E-state index in [0.717, 1.165) is 6.42 Å². The van der Waals surface area contributed by atoms with Gasteiger partial charge in [-0.3, -0.25) is 0 Å². The number of nitrogens with two attached hydrogens (primary N) is 1. The second-order valence-corrected chi connectivity index (χ2v) is 5.25. The fourth-order valence-corrected chi connectivity index (χ4v) is 2.38. The number of nitrogens with zero attached hydrogens (tertiary/aromatic N) is 2. The maximum atomic E-state index is 9.06. The topological polar surface area (TPSA) is 84.0 Å². The zero-order valence-electron chi connectivity index (χ0n) is 10.9. The number of rotatable bonds is 3. The van der Waals surface area contributed by atoms with E-state index < -0.39 is 0 Å². The van der Waals surface area contributed by atoms with Crippen LogP contribution in [0.2, 0.25) is 0 Å². The molecule has 0 spiro atoms. The second kappa shape index (κ2) is 4.46. The van der Waals surface area contributed by atoms with Crippen LogP contribution in [-0.2, 0) is 4.74 Å². The minimum Gasteiger partial charge on any atom is -0.397 e. The Hall–Kier alpha value is -1.80. The summed E-state index contributed by atoms with van der Waals surface area (Å²) in [7, 11) is 1.73. The lowest BCUT2D eigenvalue weighted by Crippen LogP contribution is -2.57. The molecule has 1 fully saturated rings. The first-order valence-corrected chi connectivity index (χ1v) is 5.94. The predicted octanol–water partition coefficient (Wildman–Crippen LogP) is 1.76. The Morgan fingerprint density at radius 3 is 2.89 bits per heavy atom. The third-order valence-electron chi connectivity index (χ3n) is 3.80. The maximum Gasteiger partial charge on any atom is 0.144 e. The van der Waals surface area contributed by atoms with Gasteiger partial charge in [0.25, 0.3) is 0 Å². The van der Waals surface area contributed by atoms with Crippen molar-refractivity contribution in [1.82, 2.24) is 4.98 Å². The van der Waals surface area contributed by atoms with Crippen molar-refractivity contribution in [3.8, 4) is 6.07 Å². The highest BCUT2D eigenvalue weighted by Crippen LogP contribution is 2.44. The van der Waals surface area contributed by atoms with Gasteiger partial charge in [-0.25, -0.2) is 4.98 Å². The van der Waals surface area contributed by atoms with Gasteiger partial charge in [-0.1, -0.05) is 13.8 Å². The normalized spacial score (nSPS) is 25.0. The molecule has 2 atom stereocenters. The molecule has 0 aliphatic heterocycles. The molecular formula is C13H18N4O. The molecule has 2 rings (SSSR count). The first-order chi connectivity index (χ1) is 8.48. The first-order valence-electron chi connectivity index (χ1n) is 5.94. The molecule has 0 amide bonds. The van der Waals surface area contributed by atoms with Crippen molar-refractivity contribution in [2.75, 3.05) is 18.2 Å². The Kier molecular flexibility index (Phi) is 3.14. The molecule has 1 heterocycles. The van der Waals surface area contributed by atoms with Crippen LogP contribution in [0.25, 0.3) is 0 Å². The van der Waals surface area contributed by atoms with Gasteiger partial charge in [0.1, 0.15) is 11.9 Å². The number of aromatic nitrogens is 1. The number of anilines is 2. The molecule has 2 unspecified atom stereocenters. The van der Waals surface area contributed by atoms with Gasteiger partial charge in [0, 0.05) is 18.6 Å². The van der Waals surface area contributed by atoms with Crippen molar-refractivity contribution in [2.45, 2.75) is 32.4 Å². The van der Waals surface area contributed by atoms with Gasteiger partial charge in [0.2, 0.25) is 0 Å². The summed E-state index contributed by atoms with van der Waals surface area (Å²) >= 11 is 0. The average Bonchev–Trinajstić information content (AvgIpc) is 2.35. The summed E-state index contributed by atoms with van der Waals surface area (Å²) < 4.78 is 5.40. The largest absolute Gasteiger partial charge is 0.397 e. The van der Waals surface area contributed by atoms with Crippen LogP contribution in [0.15, 0.2) is 12.3 Å². The van der Waals surface area contributed by atoms with Crippen molar-refractivity contribution in [3.05, 3.63) is 17.8 Å². The third-order valence-corrected chi connectivity index (χ3v) is 3.80. The van der Waals surface area contributed by atoms with E-state index in [-0.39, 0.29) is 17.6 Å². The zero-order chi connectivity index (χ0) is 13.3. The maximum absolute atomic E-state index is 9.06. The van der Waals surface area contributed by atoms with Gasteiger partial charge in [0.15, 0.2) is 0 Å². The summed E-state index contributed by atoms with van der Waals surface area (Å²) in [5, 5.41) is 12.4. The molecule has 18 heavy (non-hydrogen) atoms. The lowest BCUT2D eigenvalue weighted by atomic mass is 9.64. The molecule has 1 aromatic heterocycles. The Morgan fingerprint density at radius 2 is 2.33 bits per heavy atom. The Balaban J connectivity index is 2.15. The molecule has 0 aromatic carbocycles. The Labute approximate surface area is 107 Å². The van der Waals surface area contributed by atoms with Crippen molar-refractivity contribution in [3.63, 3.8) is 0 Å². The summed E-state index contributed by atoms with van der Waals surface area (Å²) in [6.45, 7) is 4.29. The fraction of sp³-hybridized carbons (Fsp3) is 0.538. The average molecular weight is 246 g/mol. The number of methoxy groups -OCH3 is 1. The van der Waals surface area contributed by atoms with E-state index in [1.807, 2.05) is 0 Å². The van der Waals surface area contributed by atoms with Crippen LogP contribution >= 0.6 is 0 Å². The Morgan fingerprint density at radius 1 is 1.61 bits per heavy atom. The highest BCUT2D eigenvalue weighted by Gasteiger charge is 2.48. The van der Waals surface area contributed by atoms with Crippen LogP contribution in [-0.4, -0.2) is 24.2 Å². The number of nitriles is 1. The fourth-order valence-electron chi connectivity index (χ4n) is 2.38. The highest BCUT2D eigenvalue weighted by atomic mass is 16.5. The number of nitrogen functional groups attached to an aromatic ring is 1. The highest BCUT2D eigenvalue weighted by molar-refractivity contribution is 5.58. The van der Waals surface area contributed by atoms with Crippen LogP contribution in [0.5, 0.6) is 0 Å². The van der Waals surface area contributed by atoms with Gasteiger partial charge in [0.05, 0.1) is 23.6 Å². The number of hydrogen-bond donors (Lipinski definition) is 2. The summed E-state index contributed by atoms with van der Waals surface area (Å²) in [5.74, 6) is 0.597. The van der Waals surface area contributed by atoms with Crippen molar-refractivity contribution in [1.29, 1.82) is 5.26 Å². The van der Waals surface area contributed by atoms with E-state index in [9.17, 15) is 0 Å². The van der Waals surface area contributed by atoms with Gasteiger partial charge in [-0.2, -0.15) is 5.26 Å². The minimum absolute atomic E-state index is 0.0323. The van der Waals surface area contributed by atoms with Gasteiger partial charge in [-0.15, -0.1) is 0 Å². The lowest BCUT2D eigenvalue weighted by molar-refractivity contribution is -0.0795. The summed E-state index contributed by atoms with van der Waals surface area (Å²) in [6, 6.07) is 4.00. The summed E-state index contributed by atoms with van der Waals surface area (Å²) in [5.41, 5.74) is 6.63. The standard InChI is InChI=1S/C13H18N4O/c1-13(2)10(5-11(13)18-3)17-12-8(6-14)4-9(15)7-16-12/h4,7,10-11H,5,15H2,1-3H3,(H,16,17). The van der Waals surface area contributed by atoms with Crippen molar-refractivity contribution in [2.24, 2.45) is 5.41 Å². The van der Waals surface area contributed by atoms with Crippen molar-refractivity contribution >= 4 is 11.5 Å². The SMILES string of the molecule is COC1CC(Nc2ncc(N)cc2C#N)C1(C)C. The van der Waals surface area contributed by atoms with E-state index in [2.05, 4.69) is 30.2 Å². The molecule has 0 saturated heterocycles. The Bertz CT molecular complexity index is 492. The zero-order valence-corrected chi connectivity index (χ0v) is 10.9. The van der Waals surface area contributed by atoms with E-state index in [0.29, 0.717) is 17.1 Å². The van der Waals surface area contributed by atoms with E-state index in [1.165, 1.54) is 0 Å². The van der Waals surface area contributed by atoms with Crippen molar-refractivity contribution < 1.29 is 4.74 Å². The monoisotopic (exact) mass is 246 g/mol. The third kappa shape index (κ3) is 2.00. The molecule has 96 valence electrons. The van der Waals surface area contributed by atoms with Crippen LogP contribution in [0.3, 0.4) is 0 Å². The smallest absolute Gasteiger partial charge is 0.144 e. The van der Waals surface area contributed by atoms with Gasteiger partial charge < -0.3 is 15.8 Å². The molecular weight excluding hydrogens is 228 g/mol. The molecule has 0 radical (unpaired) electrons. The second-order valence-electron chi connectivity index (χ2n) is 5.25. The number of pyridine rings is 1. The van der Waals surface area contributed by atoms with E-state index >= 15 is 0 Å². The minimum atomic E-state index is 0.0323. The lowest BCUT2D eigenvalue weighted by Gasteiger charge is -2.51. The number of ether oxygens (including phenoxy) is 1. The van der Waals surface area contributed by atoms with Gasteiger partial charge in [-0.05, 0) is 12.5 Å². The molecule has 1 aliphatic carbocycles. The molecule has 0 bridgehead atoms. The number of hydrogen-bond acceptors (Lipinski definition) is 5. The molecule has 5 heteroatoms. The summed E-state index contributed by atoms with van der Waals surface area (Å²) in [6.07, 6.45) is 2.72. The van der Waals surface area contributed by atoms with Crippen LogP contribution in [0.1, 0.15) is 25.8 Å². The quantitative estimate of drug-likeness (QED) is 0.849. The molecule has 1 aliphatic rings. The van der Waals surface area contributed by atoms with Gasteiger partial charge >= 0.3 is 0 Å².